The Kier molecular flexibility index (Phi) is 7.64. The van der Waals surface area contributed by atoms with Crippen molar-refractivity contribution in [2.45, 2.75) is 26.8 Å². The lowest BCUT2D eigenvalue weighted by Gasteiger charge is -2.37. The second-order valence-electron chi connectivity index (χ2n) is 7.78. The number of amides is 2. The van der Waals surface area contributed by atoms with Crippen LogP contribution < -0.4 is 10.6 Å². The van der Waals surface area contributed by atoms with Crippen LogP contribution in [0.15, 0.2) is 46.9 Å². The molecular weight excluding hydrogens is 444 g/mol. The first-order chi connectivity index (χ1) is 14.3. The second-order valence-corrected chi connectivity index (χ2v) is 8.70. The topological polar surface area (TPSA) is 64.7 Å². The molecule has 0 aromatic heterocycles. The Balaban J connectivity index is 1.46. The Bertz CT molecular complexity index is 910. The fraction of sp³-hybridized carbons (Fsp3) is 0.391. The van der Waals surface area contributed by atoms with Crippen molar-refractivity contribution in [3.63, 3.8) is 0 Å². The zero-order valence-electron chi connectivity index (χ0n) is 17.7. The first-order valence-electron chi connectivity index (χ1n) is 10.2. The minimum atomic E-state index is -0.227. The molecule has 1 saturated heterocycles. The van der Waals surface area contributed by atoms with E-state index in [0.29, 0.717) is 6.54 Å². The first-order valence-corrected chi connectivity index (χ1v) is 11.0. The van der Waals surface area contributed by atoms with Gasteiger partial charge >= 0.3 is 0 Å². The molecule has 1 fully saturated rings. The van der Waals surface area contributed by atoms with Crippen molar-refractivity contribution in [1.29, 1.82) is 0 Å². The van der Waals surface area contributed by atoms with Crippen LogP contribution in [-0.4, -0.2) is 60.4 Å². The zero-order chi connectivity index (χ0) is 21.7. The van der Waals surface area contributed by atoms with E-state index in [-0.39, 0.29) is 17.9 Å². The van der Waals surface area contributed by atoms with Gasteiger partial charge in [0.15, 0.2) is 0 Å². The van der Waals surface area contributed by atoms with E-state index in [1.807, 2.05) is 63.2 Å². The second kappa shape index (κ2) is 10.2. The number of halogens is 1. The zero-order valence-corrected chi connectivity index (χ0v) is 19.3. The van der Waals surface area contributed by atoms with Crippen LogP contribution in [0.5, 0.6) is 0 Å². The van der Waals surface area contributed by atoms with Gasteiger partial charge in [-0.05, 0) is 56.2 Å². The summed E-state index contributed by atoms with van der Waals surface area (Å²) in [5, 5.41) is 5.99. The van der Waals surface area contributed by atoms with Gasteiger partial charge in [0.25, 0.3) is 0 Å². The van der Waals surface area contributed by atoms with Gasteiger partial charge in [0, 0.05) is 42.0 Å². The molecule has 6 nitrogen and oxygen atoms in total. The lowest BCUT2D eigenvalue weighted by molar-refractivity contribution is -0.122. The molecule has 1 unspecified atom stereocenters. The Labute approximate surface area is 186 Å². The van der Waals surface area contributed by atoms with E-state index in [2.05, 4.69) is 36.4 Å². The van der Waals surface area contributed by atoms with Crippen LogP contribution in [0.1, 0.15) is 18.1 Å². The molecule has 0 spiro atoms. The Morgan fingerprint density at radius 3 is 2.43 bits per heavy atom. The van der Waals surface area contributed by atoms with Crippen LogP contribution >= 0.6 is 15.9 Å². The van der Waals surface area contributed by atoms with Crippen LogP contribution in [0.25, 0.3) is 0 Å². The maximum Gasteiger partial charge on any atom is 0.241 e. The number of hydrogen-bond acceptors (Lipinski definition) is 4. The van der Waals surface area contributed by atoms with E-state index >= 15 is 0 Å². The highest BCUT2D eigenvalue weighted by Crippen LogP contribution is 2.19. The fourth-order valence-electron chi connectivity index (χ4n) is 3.57. The van der Waals surface area contributed by atoms with Gasteiger partial charge in [-0.25, -0.2) is 0 Å². The molecule has 1 aliphatic heterocycles. The Hall–Kier alpha value is -2.22. The molecule has 0 bridgehead atoms. The molecule has 30 heavy (non-hydrogen) atoms. The smallest absolute Gasteiger partial charge is 0.241 e. The molecule has 160 valence electrons. The number of hydrogen-bond donors (Lipinski definition) is 2. The van der Waals surface area contributed by atoms with Crippen LogP contribution in [0.3, 0.4) is 0 Å². The average molecular weight is 473 g/mol. The van der Waals surface area contributed by atoms with Crippen molar-refractivity contribution < 1.29 is 9.59 Å². The maximum atomic E-state index is 12.6. The number of carbonyl (C=O) groups excluding carboxylic acids is 2. The third-order valence-electron chi connectivity index (χ3n) is 5.67. The number of carbonyl (C=O) groups is 2. The summed E-state index contributed by atoms with van der Waals surface area (Å²) in [5.74, 6) is -0.0215. The summed E-state index contributed by atoms with van der Waals surface area (Å²) in [4.78, 5) is 29.4. The van der Waals surface area contributed by atoms with Crippen LogP contribution in [-0.2, 0) is 9.59 Å². The molecule has 2 aromatic rings. The number of aryl methyl sites for hydroxylation is 1. The lowest BCUT2D eigenvalue weighted by atomic mass is 10.1. The third kappa shape index (κ3) is 5.90. The molecule has 0 radical (unpaired) electrons. The standard InChI is InChI=1S/C23H29BrN4O2/c1-16-6-4-9-21(17(16)2)26-22(29)15-27-10-12-28(13-11-27)18(3)23(30)25-20-8-5-7-19(24)14-20/h4-9,14,18H,10-13,15H2,1-3H3,(H,25,30)(H,26,29). The fourth-order valence-corrected chi connectivity index (χ4v) is 3.97. The van der Waals surface area contributed by atoms with E-state index in [9.17, 15) is 9.59 Å². The normalized spacial score (nSPS) is 16.1. The number of nitrogens with one attached hydrogen (secondary N) is 2. The monoisotopic (exact) mass is 472 g/mol. The van der Waals surface area contributed by atoms with Crippen molar-refractivity contribution in [3.05, 3.63) is 58.1 Å². The number of nitrogens with zero attached hydrogens (tertiary/aromatic N) is 2. The molecule has 0 aliphatic carbocycles. The van der Waals surface area contributed by atoms with E-state index in [1.54, 1.807) is 0 Å². The molecule has 2 aromatic carbocycles. The molecule has 2 amide bonds. The van der Waals surface area contributed by atoms with Gasteiger partial charge < -0.3 is 10.6 Å². The average Bonchev–Trinajstić information content (AvgIpc) is 2.71. The van der Waals surface area contributed by atoms with E-state index in [0.717, 1.165) is 53.2 Å². The minimum absolute atomic E-state index is 0.00223. The summed E-state index contributed by atoms with van der Waals surface area (Å²) in [6.07, 6.45) is 0. The Morgan fingerprint density at radius 2 is 1.73 bits per heavy atom. The van der Waals surface area contributed by atoms with Gasteiger partial charge in [0.2, 0.25) is 11.8 Å². The molecule has 1 aliphatic rings. The van der Waals surface area contributed by atoms with Gasteiger partial charge in [-0.15, -0.1) is 0 Å². The van der Waals surface area contributed by atoms with E-state index < -0.39 is 0 Å². The van der Waals surface area contributed by atoms with Crippen LogP contribution in [0.2, 0.25) is 0 Å². The molecule has 1 atom stereocenters. The minimum Gasteiger partial charge on any atom is -0.325 e. The van der Waals surface area contributed by atoms with Gasteiger partial charge in [-0.3, -0.25) is 19.4 Å². The van der Waals surface area contributed by atoms with Gasteiger partial charge in [0.1, 0.15) is 0 Å². The predicted octanol–water partition coefficient (Wildman–Crippen LogP) is 3.65. The summed E-state index contributed by atoms with van der Waals surface area (Å²) in [6.45, 7) is 9.37. The highest BCUT2D eigenvalue weighted by Gasteiger charge is 2.26. The SMILES string of the molecule is Cc1cccc(NC(=O)CN2CCN(C(C)C(=O)Nc3cccc(Br)c3)CC2)c1C. The predicted molar refractivity (Wildman–Crippen MR) is 125 cm³/mol. The van der Waals surface area contributed by atoms with Gasteiger partial charge in [0.05, 0.1) is 12.6 Å². The van der Waals surface area contributed by atoms with E-state index in [4.69, 9.17) is 0 Å². The van der Waals surface area contributed by atoms with Crippen molar-refractivity contribution in [1.82, 2.24) is 9.80 Å². The summed E-state index contributed by atoms with van der Waals surface area (Å²) in [6, 6.07) is 13.3. The molecule has 3 rings (SSSR count). The van der Waals surface area contributed by atoms with Crippen molar-refractivity contribution in [2.24, 2.45) is 0 Å². The lowest BCUT2D eigenvalue weighted by Crippen LogP contribution is -2.53. The molecule has 2 N–H and O–H groups in total. The summed E-state index contributed by atoms with van der Waals surface area (Å²) in [7, 11) is 0. The maximum absolute atomic E-state index is 12.6. The summed E-state index contributed by atoms with van der Waals surface area (Å²) in [5.41, 5.74) is 3.91. The number of benzene rings is 2. The van der Waals surface area contributed by atoms with Crippen LogP contribution in [0.4, 0.5) is 11.4 Å². The van der Waals surface area contributed by atoms with Gasteiger partial charge in [-0.2, -0.15) is 0 Å². The third-order valence-corrected chi connectivity index (χ3v) is 6.17. The highest BCUT2D eigenvalue weighted by atomic mass is 79.9. The quantitative estimate of drug-likeness (QED) is 0.673. The largest absolute Gasteiger partial charge is 0.325 e. The molecule has 1 heterocycles. The van der Waals surface area contributed by atoms with Crippen molar-refractivity contribution in [3.8, 4) is 0 Å². The number of rotatable bonds is 6. The van der Waals surface area contributed by atoms with Crippen molar-refractivity contribution in [2.75, 3.05) is 43.4 Å². The molecular formula is C23H29BrN4O2. The number of anilines is 2. The van der Waals surface area contributed by atoms with Gasteiger partial charge in [-0.1, -0.05) is 34.1 Å². The summed E-state index contributed by atoms with van der Waals surface area (Å²) < 4.78 is 0.931. The van der Waals surface area contributed by atoms with Crippen molar-refractivity contribution >= 4 is 39.1 Å². The summed E-state index contributed by atoms with van der Waals surface area (Å²) >= 11 is 3.42. The Morgan fingerprint density at radius 1 is 1.03 bits per heavy atom. The van der Waals surface area contributed by atoms with Crippen LogP contribution in [0, 0.1) is 13.8 Å². The highest BCUT2D eigenvalue weighted by molar-refractivity contribution is 9.10. The first kappa shape index (κ1) is 22.5. The molecule has 0 saturated carbocycles. The van der Waals surface area contributed by atoms with E-state index in [1.165, 1.54) is 0 Å². The molecule has 7 heteroatoms. The number of piperazine rings is 1.